The molecule has 1 aromatic carbocycles. The Kier molecular flexibility index (Phi) is 6.07. The molecule has 104 valence electrons. The SMILES string of the molecule is CNC(=O)C(NC1CSCCSC1)c1ccccc1. The molecule has 1 unspecified atom stereocenters. The van der Waals surface area contributed by atoms with E-state index in [0.717, 1.165) is 17.1 Å². The van der Waals surface area contributed by atoms with E-state index >= 15 is 0 Å². The number of hydrogen-bond donors (Lipinski definition) is 2. The number of amides is 1. The second kappa shape index (κ2) is 7.82. The molecule has 1 amide bonds. The Balaban J connectivity index is 2.07. The minimum absolute atomic E-state index is 0.0328. The van der Waals surface area contributed by atoms with Crippen LogP contribution in [-0.2, 0) is 4.79 Å². The van der Waals surface area contributed by atoms with Crippen LogP contribution in [0.25, 0.3) is 0 Å². The van der Waals surface area contributed by atoms with Crippen LogP contribution in [0.3, 0.4) is 0 Å². The van der Waals surface area contributed by atoms with Gasteiger partial charge in [-0.25, -0.2) is 0 Å². The number of rotatable bonds is 4. The number of carbonyl (C=O) groups is 1. The van der Waals surface area contributed by atoms with Crippen molar-refractivity contribution in [2.75, 3.05) is 30.1 Å². The molecule has 2 N–H and O–H groups in total. The van der Waals surface area contributed by atoms with Crippen LogP contribution in [0.1, 0.15) is 11.6 Å². The Labute approximate surface area is 123 Å². The molecule has 0 aliphatic carbocycles. The number of carbonyl (C=O) groups excluding carboxylic acids is 1. The van der Waals surface area contributed by atoms with Gasteiger partial charge in [-0.15, -0.1) is 0 Å². The first-order valence-corrected chi connectivity index (χ1v) is 8.80. The highest BCUT2D eigenvalue weighted by Crippen LogP contribution is 2.20. The molecule has 0 spiro atoms. The Bertz CT molecular complexity index is 392. The number of likely N-dealkylation sites (N-methyl/N-ethyl adjacent to an activating group) is 1. The maximum atomic E-state index is 12.1. The number of thioether (sulfide) groups is 2. The van der Waals surface area contributed by atoms with Crippen molar-refractivity contribution in [1.29, 1.82) is 0 Å². The predicted molar refractivity (Wildman–Crippen MR) is 84.8 cm³/mol. The molecular formula is C14H20N2OS2. The van der Waals surface area contributed by atoms with Gasteiger partial charge >= 0.3 is 0 Å². The molecule has 0 aromatic heterocycles. The number of benzene rings is 1. The van der Waals surface area contributed by atoms with Crippen molar-refractivity contribution in [2.45, 2.75) is 12.1 Å². The van der Waals surface area contributed by atoms with E-state index in [2.05, 4.69) is 10.6 Å². The zero-order valence-electron chi connectivity index (χ0n) is 11.1. The molecule has 0 saturated carbocycles. The fourth-order valence-electron chi connectivity index (χ4n) is 2.06. The summed E-state index contributed by atoms with van der Waals surface area (Å²) >= 11 is 3.93. The van der Waals surface area contributed by atoms with Crippen LogP contribution >= 0.6 is 23.5 Å². The van der Waals surface area contributed by atoms with Crippen molar-refractivity contribution in [3.05, 3.63) is 35.9 Å². The van der Waals surface area contributed by atoms with E-state index in [-0.39, 0.29) is 11.9 Å². The van der Waals surface area contributed by atoms with Gasteiger partial charge in [0.05, 0.1) is 0 Å². The van der Waals surface area contributed by atoms with Crippen molar-refractivity contribution in [3.63, 3.8) is 0 Å². The van der Waals surface area contributed by atoms with Crippen molar-refractivity contribution >= 4 is 29.4 Å². The van der Waals surface area contributed by atoms with Crippen LogP contribution in [-0.4, -0.2) is 42.0 Å². The normalized spacial score (nSPS) is 18.6. The Hall–Kier alpha value is -0.650. The topological polar surface area (TPSA) is 41.1 Å². The highest BCUT2D eigenvalue weighted by Gasteiger charge is 2.23. The van der Waals surface area contributed by atoms with Crippen LogP contribution in [0.4, 0.5) is 0 Å². The summed E-state index contributed by atoms with van der Waals surface area (Å²) in [5.41, 5.74) is 1.03. The van der Waals surface area contributed by atoms with Gasteiger partial charge in [0.25, 0.3) is 0 Å². The fourth-order valence-corrected chi connectivity index (χ4v) is 4.48. The smallest absolute Gasteiger partial charge is 0.241 e. The van der Waals surface area contributed by atoms with Gasteiger partial charge in [0.2, 0.25) is 5.91 Å². The Morgan fingerprint density at radius 1 is 1.21 bits per heavy atom. The highest BCUT2D eigenvalue weighted by atomic mass is 32.2. The Morgan fingerprint density at radius 2 is 1.84 bits per heavy atom. The van der Waals surface area contributed by atoms with Gasteiger partial charge < -0.3 is 5.32 Å². The predicted octanol–water partition coefficient (Wildman–Crippen LogP) is 1.91. The maximum absolute atomic E-state index is 12.1. The lowest BCUT2D eigenvalue weighted by Gasteiger charge is -2.23. The summed E-state index contributed by atoms with van der Waals surface area (Å²) in [5, 5.41) is 6.26. The quantitative estimate of drug-likeness (QED) is 0.890. The summed E-state index contributed by atoms with van der Waals surface area (Å²) in [5.74, 6) is 4.60. The van der Waals surface area contributed by atoms with Gasteiger partial charge in [-0.1, -0.05) is 30.3 Å². The van der Waals surface area contributed by atoms with E-state index in [1.54, 1.807) is 7.05 Å². The van der Waals surface area contributed by atoms with Crippen molar-refractivity contribution < 1.29 is 4.79 Å². The molecule has 1 heterocycles. The molecular weight excluding hydrogens is 276 g/mol. The minimum Gasteiger partial charge on any atom is -0.358 e. The third-order valence-electron chi connectivity index (χ3n) is 3.05. The first-order chi connectivity index (χ1) is 9.31. The summed E-state index contributed by atoms with van der Waals surface area (Å²) in [4.78, 5) is 12.1. The minimum atomic E-state index is -0.254. The van der Waals surface area contributed by atoms with Crippen LogP contribution in [0.5, 0.6) is 0 Å². The highest BCUT2D eigenvalue weighted by molar-refractivity contribution is 8.03. The van der Waals surface area contributed by atoms with Gasteiger partial charge in [-0.05, 0) is 5.56 Å². The van der Waals surface area contributed by atoms with E-state index in [4.69, 9.17) is 0 Å². The third-order valence-corrected chi connectivity index (χ3v) is 5.57. The van der Waals surface area contributed by atoms with Gasteiger partial charge in [0.1, 0.15) is 6.04 Å². The third kappa shape index (κ3) is 4.44. The molecule has 19 heavy (non-hydrogen) atoms. The molecule has 5 heteroatoms. The lowest BCUT2D eigenvalue weighted by Crippen LogP contribution is -2.43. The average molecular weight is 296 g/mol. The van der Waals surface area contributed by atoms with Crippen molar-refractivity contribution in [3.8, 4) is 0 Å². The second-order valence-electron chi connectivity index (χ2n) is 4.47. The maximum Gasteiger partial charge on any atom is 0.241 e. The molecule has 1 saturated heterocycles. The summed E-state index contributed by atoms with van der Waals surface area (Å²) < 4.78 is 0. The zero-order chi connectivity index (χ0) is 13.5. The van der Waals surface area contributed by atoms with Gasteiger partial charge in [0, 0.05) is 36.1 Å². The second-order valence-corrected chi connectivity index (χ2v) is 6.77. The first-order valence-electron chi connectivity index (χ1n) is 6.49. The van der Waals surface area contributed by atoms with Gasteiger partial charge in [0.15, 0.2) is 0 Å². The summed E-state index contributed by atoms with van der Waals surface area (Å²) in [6.45, 7) is 0. The van der Waals surface area contributed by atoms with E-state index in [1.165, 1.54) is 11.5 Å². The average Bonchev–Trinajstić information content (AvgIpc) is 2.73. The number of hydrogen-bond acceptors (Lipinski definition) is 4. The van der Waals surface area contributed by atoms with E-state index in [0.29, 0.717) is 6.04 Å². The molecule has 1 aliphatic rings. The monoisotopic (exact) mass is 296 g/mol. The van der Waals surface area contributed by atoms with Gasteiger partial charge in [-0.2, -0.15) is 23.5 Å². The molecule has 1 aromatic rings. The summed E-state index contributed by atoms with van der Waals surface area (Å²) in [7, 11) is 1.69. The van der Waals surface area contributed by atoms with E-state index in [9.17, 15) is 4.79 Å². The number of nitrogens with one attached hydrogen (secondary N) is 2. The van der Waals surface area contributed by atoms with Crippen molar-refractivity contribution in [2.24, 2.45) is 0 Å². The largest absolute Gasteiger partial charge is 0.358 e. The zero-order valence-corrected chi connectivity index (χ0v) is 12.7. The van der Waals surface area contributed by atoms with Crippen LogP contribution in [0, 0.1) is 0 Å². The van der Waals surface area contributed by atoms with E-state index in [1.807, 2.05) is 53.9 Å². The molecule has 0 bridgehead atoms. The van der Waals surface area contributed by atoms with Crippen molar-refractivity contribution in [1.82, 2.24) is 10.6 Å². The summed E-state index contributed by atoms with van der Waals surface area (Å²) in [6, 6.07) is 10.1. The van der Waals surface area contributed by atoms with Gasteiger partial charge in [-0.3, -0.25) is 10.1 Å². The molecule has 0 radical (unpaired) electrons. The Morgan fingerprint density at radius 3 is 2.42 bits per heavy atom. The molecule has 1 atom stereocenters. The standard InChI is InChI=1S/C14H20N2OS2/c1-15-14(17)13(11-5-3-2-4-6-11)16-12-9-18-7-8-19-10-12/h2-6,12-13,16H,7-10H2,1H3,(H,15,17). The fraction of sp³-hybridized carbons (Fsp3) is 0.500. The van der Waals surface area contributed by atoms with E-state index < -0.39 is 0 Å². The first kappa shape index (κ1) is 14.8. The molecule has 1 fully saturated rings. The molecule has 2 rings (SSSR count). The van der Waals surface area contributed by atoms with Crippen LogP contribution in [0.2, 0.25) is 0 Å². The van der Waals surface area contributed by atoms with Crippen LogP contribution in [0.15, 0.2) is 30.3 Å². The van der Waals surface area contributed by atoms with Crippen LogP contribution < -0.4 is 10.6 Å². The molecule has 3 nitrogen and oxygen atoms in total. The lowest BCUT2D eigenvalue weighted by molar-refractivity contribution is -0.122. The summed E-state index contributed by atoms with van der Waals surface area (Å²) in [6.07, 6.45) is 0. The lowest BCUT2D eigenvalue weighted by atomic mass is 10.1. The molecule has 1 aliphatic heterocycles.